The summed E-state index contributed by atoms with van der Waals surface area (Å²) in [5.41, 5.74) is 0.313. The maximum absolute atomic E-state index is 14.4. The number of halogens is 3. The van der Waals surface area contributed by atoms with Crippen LogP contribution in [0.15, 0.2) is 72.8 Å². The number of nitrogens with zero attached hydrogens (tertiary/aromatic N) is 1. The molecule has 0 aromatic heterocycles. The summed E-state index contributed by atoms with van der Waals surface area (Å²) in [7, 11) is 1.62. The van der Waals surface area contributed by atoms with Gasteiger partial charge in [0.25, 0.3) is 0 Å². The van der Waals surface area contributed by atoms with Gasteiger partial charge in [-0.05, 0) is 0 Å². The molecule has 3 aromatic rings. The van der Waals surface area contributed by atoms with E-state index in [1.807, 2.05) is 30.3 Å². The topological polar surface area (TPSA) is 49.4 Å². The van der Waals surface area contributed by atoms with Crippen LogP contribution in [0.1, 0.15) is 17.9 Å². The van der Waals surface area contributed by atoms with Gasteiger partial charge in [-0.15, -0.1) is 0 Å². The second kappa shape index (κ2) is 9.41. The van der Waals surface area contributed by atoms with Gasteiger partial charge >= 0.3 is 196 Å². The monoisotopic (exact) mass is 518 g/mol. The molecule has 3 aromatic carbocycles. The van der Waals surface area contributed by atoms with Gasteiger partial charge in [0.05, 0.1) is 0 Å². The fourth-order valence-electron chi connectivity index (χ4n) is 4.06. The summed E-state index contributed by atoms with van der Waals surface area (Å²) in [4.78, 5) is 29.1. The van der Waals surface area contributed by atoms with Crippen molar-refractivity contribution in [1.29, 1.82) is 0 Å². The van der Waals surface area contributed by atoms with Crippen LogP contribution in [0.2, 0.25) is 4.31 Å². The van der Waals surface area contributed by atoms with Crippen LogP contribution >= 0.6 is 0 Å². The molecule has 33 heavy (non-hydrogen) atoms. The first-order valence-electron chi connectivity index (χ1n) is 10.3. The number of likely N-dealkylation sites (tertiary alicyclic amines) is 1. The van der Waals surface area contributed by atoms with E-state index in [0.29, 0.717) is 18.5 Å². The van der Waals surface area contributed by atoms with Gasteiger partial charge in [0.1, 0.15) is 0 Å². The molecule has 4 nitrogen and oxygen atoms in total. The first-order valence-corrected chi connectivity index (χ1v) is 12.0. The van der Waals surface area contributed by atoms with Crippen LogP contribution in [-0.2, 0) is 9.59 Å². The van der Waals surface area contributed by atoms with Crippen LogP contribution in [0, 0.1) is 17.5 Å². The minimum atomic E-state index is -1.59. The Balaban J connectivity index is 1.86. The van der Waals surface area contributed by atoms with Crippen molar-refractivity contribution in [3.8, 4) is 0 Å². The molecule has 1 aliphatic heterocycles. The molecule has 0 saturated carbocycles. The second-order valence-electron chi connectivity index (χ2n) is 7.83. The van der Waals surface area contributed by atoms with Crippen molar-refractivity contribution in [1.82, 2.24) is 4.90 Å². The van der Waals surface area contributed by atoms with E-state index < -0.39 is 54.5 Å². The number of hydrogen-bond acceptors (Lipinski definition) is 2. The number of nitrogens with one attached hydrogen (secondary N) is 1. The van der Waals surface area contributed by atoms with Crippen molar-refractivity contribution in [2.75, 3.05) is 18.9 Å². The van der Waals surface area contributed by atoms with Gasteiger partial charge in [0.2, 0.25) is 0 Å². The zero-order chi connectivity index (χ0) is 23.6. The maximum atomic E-state index is 14.4. The van der Waals surface area contributed by atoms with E-state index in [-0.39, 0.29) is 5.69 Å². The first-order chi connectivity index (χ1) is 15.8. The second-order valence-corrected chi connectivity index (χ2v) is 10.6. The quantitative estimate of drug-likeness (QED) is 0.413. The summed E-state index contributed by atoms with van der Waals surface area (Å²) in [6, 6.07) is 18.4. The molecule has 2 unspecified atom stereocenters. The van der Waals surface area contributed by atoms with Gasteiger partial charge in [-0.1, -0.05) is 0 Å². The zero-order valence-electron chi connectivity index (χ0n) is 17.7. The number of amides is 2. The van der Waals surface area contributed by atoms with Crippen molar-refractivity contribution in [3.63, 3.8) is 0 Å². The van der Waals surface area contributed by atoms with Gasteiger partial charge < -0.3 is 0 Å². The predicted molar refractivity (Wildman–Crippen MR) is 121 cm³/mol. The molecule has 2 atom stereocenters. The Bertz CT molecular complexity index is 1170. The summed E-state index contributed by atoms with van der Waals surface area (Å²) in [6.07, 6.45) is 0.460. The third kappa shape index (κ3) is 4.41. The number of hydrogen-bond donors (Lipinski definition) is 1. The molecule has 8 heteroatoms. The molecule has 0 spiro atoms. The van der Waals surface area contributed by atoms with Gasteiger partial charge in [0.15, 0.2) is 0 Å². The number of benzene rings is 3. The van der Waals surface area contributed by atoms with E-state index in [0.717, 1.165) is 10.5 Å². The summed E-state index contributed by atoms with van der Waals surface area (Å²) < 4.78 is 41.0. The summed E-state index contributed by atoms with van der Waals surface area (Å²) >= 11 is -0.715. The average Bonchev–Trinajstić information content (AvgIpc) is 2.81. The number of piperidine rings is 1. The molecule has 4 rings (SSSR count). The van der Waals surface area contributed by atoms with Crippen molar-refractivity contribution < 1.29 is 22.8 Å². The summed E-state index contributed by atoms with van der Waals surface area (Å²) in [6.45, 7) is 0.412. The standard InChI is InChI=1S/C25H21F3N2O2Se/c1-30-15-14-19(16-10-12-17(26)13-11-16)25(24(30)32,33-18-6-3-2-4-7-18)23(31)29-21-9-5-8-20(27)22(21)28/h2-13,19H,14-15H2,1H3,(H,29,31). The fourth-order valence-corrected chi connectivity index (χ4v) is 7.10. The van der Waals surface area contributed by atoms with Gasteiger partial charge in [-0.3, -0.25) is 0 Å². The van der Waals surface area contributed by atoms with Gasteiger partial charge in [-0.2, -0.15) is 0 Å². The van der Waals surface area contributed by atoms with Crippen LogP contribution in [0.5, 0.6) is 0 Å². The van der Waals surface area contributed by atoms with Crippen LogP contribution in [0.3, 0.4) is 0 Å². The summed E-state index contributed by atoms with van der Waals surface area (Å²) in [5, 5.41) is 2.48. The van der Waals surface area contributed by atoms with Crippen LogP contribution < -0.4 is 9.78 Å². The zero-order valence-corrected chi connectivity index (χ0v) is 19.4. The molecule has 1 heterocycles. The first kappa shape index (κ1) is 23.1. The van der Waals surface area contributed by atoms with Gasteiger partial charge in [-0.25, -0.2) is 0 Å². The van der Waals surface area contributed by atoms with E-state index in [1.165, 1.54) is 29.2 Å². The summed E-state index contributed by atoms with van der Waals surface area (Å²) in [5.74, 6) is -4.40. The van der Waals surface area contributed by atoms with Crippen molar-refractivity contribution in [3.05, 3.63) is 95.8 Å². The normalized spacial score (nSPS) is 20.5. The van der Waals surface area contributed by atoms with Crippen molar-refractivity contribution in [2.45, 2.75) is 16.7 Å². The molecule has 1 aliphatic rings. The molecule has 0 radical (unpaired) electrons. The fraction of sp³-hybridized carbons (Fsp3) is 0.200. The Labute approximate surface area is 196 Å². The molecule has 0 bridgehead atoms. The molecular formula is C25H21F3N2O2Se. The number of anilines is 1. The Hall–Kier alpha value is -3.09. The predicted octanol–water partition coefficient (Wildman–Crippen LogP) is 3.88. The Morgan fingerprint density at radius 3 is 2.39 bits per heavy atom. The molecule has 1 saturated heterocycles. The van der Waals surface area contributed by atoms with Crippen molar-refractivity contribution >= 4 is 36.9 Å². The average molecular weight is 517 g/mol. The van der Waals surface area contributed by atoms with E-state index in [9.17, 15) is 22.8 Å². The Kier molecular flexibility index (Phi) is 6.58. The van der Waals surface area contributed by atoms with Crippen LogP contribution in [-0.4, -0.2) is 45.3 Å². The molecular weight excluding hydrogens is 496 g/mol. The van der Waals surface area contributed by atoms with E-state index in [4.69, 9.17) is 0 Å². The van der Waals surface area contributed by atoms with Crippen molar-refractivity contribution in [2.24, 2.45) is 0 Å². The number of carbonyl (C=O) groups is 2. The molecule has 170 valence electrons. The van der Waals surface area contributed by atoms with Crippen LogP contribution in [0.4, 0.5) is 18.9 Å². The number of carbonyl (C=O) groups excluding carboxylic acids is 2. The number of rotatable bonds is 5. The van der Waals surface area contributed by atoms with Crippen LogP contribution in [0.25, 0.3) is 0 Å². The van der Waals surface area contributed by atoms with E-state index >= 15 is 0 Å². The third-order valence-corrected chi connectivity index (χ3v) is 8.83. The molecule has 1 N–H and O–H groups in total. The van der Waals surface area contributed by atoms with Gasteiger partial charge in [0, 0.05) is 0 Å². The van der Waals surface area contributed by atoms with E-state index in [1.54, 1.807) is 19.2 Å². The Morgan fingerprint density at radius 2 is 1.70 bits per heavy atom. The molecule has 1 fully saturated rings. The van der Waals surface area contributed by atoms with E-state index in [2.05, 4.69) is 5.32 Å². The minimum absolute atomic E-state index is 0.331. The third-order valence-electron chi connectivity index (χ3n) is 5.74. The molecule has 2 amide bonds. The Morgan fingerprint density at radius 1 is 1.00 bits per heavy atom. The molecule has 0 aliphatic carbocycles. The SMILES string of the molecule is CN1CCC(c2ccc(F)cc2)C([Se]c2ccccc2)(C(=O)Nc2cccc(F)c2F)C1=O.